The van der Waals surface area contributed by atoms with Crippen LogP contribution in [0, 0.1) is 12.8 Å². The standard InChI is InChI=1S/C30H43N5O5Si/c1-18-15-20-23(41(9,10)17-19(2)30(20,3)4)16-22(18)40-24-12-11-21(39-24)26(36)32-25-27(37-7)33-29(34-28(25)38-8)31-13-14-35(5)6/h11-12,15-16,19H,13-14,17H2,1-10H3,(H,32,36)(H,31,33,34). The van der Waals surface area contributed by atoms with Crippen LogP contribution in [0.3, 0.4) is 0 Å². The minimum absolute atomic E-state index is 0.0672. The number of furan rings is 1. The minimum Gasteiger partial charge on any atom is -0.479 e. The number of hydrogen-bond acceptors (Lipinski definition) is 9. The molecule has 0 fully saturated rings. The van der Waals surface area contributed by atoms with Crippen molar-refractivity contribution in [2.75, 3.05) is 52.0 Å². The highest BCUT2D eigenvalue weighted by Gasteiger charge is 2.43. The van der Waals surface area contributed by atoms with E-state index in [1.54, 1.807) is 12.1 Å². The first-order chi connectivity index (χ1) is 19.3. The van der Waals surface area contributed by atoms with E-state index in [1.807, 2.05) is 25.9 Å². The van der Waals surface area contributed by atoms with Crippen LogP contribution in [0.5, 0.6) is 23.5 Å². The number of carbonyl (C=O) groups excluding carboxylic acids is 1. The van der Waals surface area contributed by atoms with Crippen LogP contribution >= 0.6 is 0 Å². The Hall–Kier alpha value is -3.57. The molecule has 1 unspecified atom stereocenters. The number of benzene rings is 1. The number of hydrogen-bond donors (Lipinski definition) is 2. The van der Waals surface area contributed by atoms with Crippen LogP contribution in [0.25, 0.3) is 0 Å². The Morgan fingerprint density at radius 1 is 1.15 bits per heavy atom. The van der Waals surface area contributed by atoms with Gasteiger partial charge in [0, 0.05) is 19.2 Å². The highest BCUT2D eigenvalue weighted by molar-refractivity contribution is 6.90. The van der Waals surface area contributed by atoms with E-state index in [9.17, 15) is 4.79 Å². The summed E-state index contributed by atoms with van der Waals surface area (Å²) in [4.78, 5) is 23.9. The largest absolute Gasteiger partial charge is 0.479 e. The number of likely N-dealkylation sites (N-methyl/N-ethyl adjacent to an activating group) is 1. The number of rotatable bonds is 10. The number of ether oxygens (including phenoxy) is 3. The molecular formula is C30H43N5O5Si. The van der Waals surface area contributed by atoms with Gasteiger partial charge in [0.15, 0.2) is 11.4 Å². The van der Waals surface area contributed by atoms with Crippen LogP contribution in [0.15, 0.2) is 28.7 Å². The number of fused-ring (bicyclic) bond motifs is 1. The molecule has 11 heteroatoms. The number of nitrogens with one attached hydrogen (secondary N) is 2. The zero-order valence-electron chi connectivity index (χ0n) is 25.9. The van der Waals surface area contributed by atoms with E-state index in [-0.39, 0.29) is 34.6 Å². The van der Waals surface area contributed by atoms with Crippen molar-refractivity contribution in [1.29, 1.82) is 0 Å². The first-order valence-electron chi connectivity index (χ1n) is 13.9. The summed E-state index contributed by atoms with van der Waals surface area (Å²) in [6, 6.07) is 8.89. The van der Waals surface area contributed by atoms with Gasteiger partial charge in [-0.1, -0.05) is 51.2 Å². The highest BCUT2D eigenvalue weighted by atomic mass is 28.3. The van der Waals surface area contributed by atoms with Crippen molar-refractivity contribution < 1.29 is 23.4 Å². The zero-order chi connectivity index (χ0) is 30.1. The van der Waals surface area contributed by atoms with Gasteiger partial charge in [-0.25, -0.2) is 0 Å². The second-order valence-corrected chi connectivity index (χ2v) is 16.9. The van der Waals surface area contributed by atoms with Crippen LogP contribution in [-0.4, -0.2) is 70.3 Å². The molecule has 222 valence electrons. The molecular weight excluding hydrogens is 538 g/mol. The average Bonchev–Trinajstić information content (AvgIpc) is 3.37. The molecule has 41 heavy (non-hydrogen) atoms. The van der Waals surface area contributed by atoms with Gasteiger partial charge in [0.2, 0.25) is 17.7 Å². The Balaban J connectivity index is 1.54. The average molecular weight is 582 g/mol. The molecule has 3 heterocycles. The third kappa shape index (κ3) is 6.35. The summed E-state index contributed by atoms with van der Waals surface area (Å²) in [5.41, 5.74) is 2.75. The molecule has 1 atom stereocenters. The molecule has 0 saturated carbocycles. The molecule has 0 aliphatic carbocycles. The van der Waals surface area contributed by atoms with Crippen molar-refractivity contribution >= 4 is 30.8 Å². The Labute approximate surface area is 243 Å². The van der Waals surface area contributed by atoms with Gasteiger partial charge >= 0.3 is 0 Å². The number of methoxy groups -OCH3 is 2. The van der Waals surface area contributed by atoms with E-state index in [0.29, 0.717) is 18.4 Å². The summed E-state index contributed by atoms with van der Waals surface area (Å²) in [6.07, 6.45) is 0. The van der Waals surface area contributed by atoms with E-state index in [1.165, 1.54) is 31.0 Å². The predicted octanol–water partition coefficient (Wildman–Crippen LogP) is 5.26. The van der Waals surface area contributed by atoms with Crippen LogP contribution in [0.4, 0.5) is 11.6 Å². The Kier molecular flexibility index (Phi) is 8.69. The van der Waals surface area contributed by atoms with E-state index < -0.39 is 14.0 Å². The first-order valence-corrected chi connectivity index (χ1v) is 17.1. The molecule has 1 amide bonds. The Morgan fingerprint density at radius 3 is 2.41 bits per heavy atom. The molecule has 1 aliphatic rings. The first kappa shape index (κ1) is 30.4. The Morgan fingerprint density at radius 2 is 1.80 bits per heavy atom. The smallest absolute Gasteiger partial charge is 0.291 e. The van der Waals surface area contributed by atoms with Crippen molar-refractivity contribution in [1.82, 2.24) is 14.9 Å². The van der Waals surface area contributed by atoms with Crippen LogP contribution < -0.4 is 30.0 Å². The van der Waals surface area contributed by atoms with E-state index >= 15 is 0 Å². The molecule has 0 saturated heterocycles. The van der Waals surface area contributed by atoms with Gasteiger partial charge < -0.3 is 34.2 Å². The molecule has 0 bridgehead atoms. The lowest BCUT2D eigenvalue weighted by Gasteiger charge is -2.46. The second kappa shape index (κ2) is 11.7. The number of carbonyl (C=O) groups is 1. The minimum atomic E-state index is -1.64. The molecule has 0 radical (unpaired) electrons. The van der Waals surface area contributed by atoms with Gasteiger partial charge in [0.25, 0.3) is 11.9 Å². The van der Waals surface area contributed by atoms with Crippen LogP contribution in [-0.2, 0) is 5.41 Å². The molecule has 1 aliphatic heterocycles. The topological polar surface area (TPSA) is 111 Å². The summed E-state index contributed by atoms with van der Waals surface area (Å²) >= 11 is 0. The van der Waals surface area contributed by atoms with Gasteiger partial charge in [-0.15, -0.1) is 0 Å². The van der Waals surface area contributed by atoms with Gasteiger partial charge in [0.05, 0.1) is 22.3 Å². The molecule has 3 aromatic rings. The summed E-state index contributed by atoms with van der Waals surface area (Å²) in [5, 5.41) is 7.31. The third-order valence-corrected chi connectivity index (χ3v) is 11.6. The monoisotopic (exact) mass is 581 g/mol. The van der Waals surface area contributed by atoms with Crippen LogP contribution in [0.2, 0.25) is 19.1 Å². The van der Waals surface area contributed by atoms with Gasteiger partial charge in [0.1, 0.15) is 5.75 Å². The van der Waals surface area contributed by atoms with E-state index in [2.05, 4.69) is 66.6 Å². The Bertz CT molecular complexity index is 1390. The summed E-state index contributed by atoms with van der Waals surface area (Å²) in [6.45, 7) is 15.3. The quantitative estimate of drug-likeness (QED) is 0.310. The fraction of sp³-hybridized carbons (Fsp3) is 0.500. The van der Waals surface area contributed by atoms with Gasteiger partial charge in [-0.2, -0.15) is 9.97 Å². The summed E-state index contributed by atoms with van der Waals surface area (Å²) in [7, 11) is 5.24. The molecule has 0 spiro atoms. The lowest BCUT2D eigenvalue weighted by Crippen LogP contribution is -2.54. The third-order valence-electron chi connectivity index (χ3n) is 8.11. The summed E-state index contributed by atoms with van der Waals surface area (Å²) < 4.78 is 22.9. The van der Waals surface area contributed by atoms with Crippen molar-refractivity contribution in [3.05, 3.63) is 41.2 Å². The van der Waals surface area contributed by atoms with Crippen molar-refractivity contribution in [3.8, 4) is 23.5 Å². The fourth-order valence-corrected chi connectivity index (χ4v) is 9.27. The molecule has 4 rings (SSSR count). The van der Waals surface area contributed by atoms with Gasteiger partial charge in [-0.05, 0) is 55.6 Å². The lowest BCUT2D eigenvalue weighted by molar-refractivity contribution is 0.0990. The number of aromatic nitrogens is 2. The van der Waals surface area contributed by atoms with Crippen LogP contribution in [0.1, 0.15) is 42.5 Å². The van der Waals surface area contributed by atoms with Crippen molar-refractivity contribution in [2.24, 2.45) is 5.92 Å². The normalized spacial score (nSPS) is 17.1. The molecule has 2 N–H and O–H groups in total. The predicted molar refractivity (Wildman–Crippen MR) is 164 cm³/mol. The van der Waals surface area contributed by atoms with Crippen molar-refractivity contribution in [3.63, 3.8) is 0 Å². The molecule has 1 aromatic carbocycles. The maximum absolute atomic E-state index is 13.2. The number of aryl methyl sites for hydroxylation is 1. The van der Waals surface area contributed by atoms with Crippen molar-refractivity contribution in [2.45, 2.75) is 52.2 Å². The highest BCUT2D eigenvalue weighted by Crippen LogP contribution is 2.43. The number of amides is 1. The second-order valence-electron chi connectivity index (χ2n) is 12.2. The zero-order valence-corrected chi connectivity index (χ0v) is 26.9. The van der Waals surface area contributed by atoms with E-state index in [0.717, 1.165) is 17.9 Å². The molecule has 10 nitrogen and oxygen atoms in total. The number of nitrogens with zero attached hydrogens (tertiary/aromatic N) is 3. The molecule has 2 aromatic heterocycles. The lowest BCUT2D eigenvalue weighted by atomic mass is 9.74. The fourth-order valence-electron chi connectivity index (χ4n) is 5.36. The SMILES string of the molecule is COc1nc(NCCN(C)C)nc(OC)c1NC(=O)c1ccc(Oc2cc3c(cc2C)C(C)(C)C(C)C[Si]3(C)C)o1. The maximum atomic E-state index is 13.2. The maximum Gasteiger partial charge on any atom is 0.291 e. The number of anilines is 2. The van der Waals surface area contributed by atoms with E-state index in [4.69, 9.17) is 18.6 Å². The van der Waals surface area contributed by atoms with Gasteiger partial charge in [-0.3, -0.25) is 4.79 Å². The summed E-state index contributed by atoms with van der Waals surface area (Å²) in [5.74, 6) is 1.80.